The Morgan fingerprint density at radius 1 is 1.29 bits per heavy atom. The lowest BCUT2D eigenvalue weighted by Gasteiger charge is -2.29. The number of aryl methyl sites for hydroxylation is 1. The molecular weight excluding hydrogens is 469 g/mol. The SMILES string of the molecule is CCNC(=NCCN1CCC(C)CC1)NC1CCc2nc(COC)nn2C1.I. The molecule has 0 aliphatic carbocycles. The summed E-state index contributed by atoms with van der Waals surface area (Å²) in [5.74, 6) is 3.61. The van der Waals surface area contributed by atoms with Gasteiger partial charge in [0, 0.05) is 32.7 Å². The third-order valence-electron chi connectivity index (χ3n) is 5.42. The summed E-state index contributed by atoms with van der Waals surface area (Å²) in [5.41, 5.74) is 0. The van der Waals surface area contributed by atoms with Gasteiger partial charge in [-0.25, -0.2) is 9.67 Å². The van der Waals surface area contributed by atoms with Crippen LogP contribution in [0.15, 0.2) is 4.99 Å². The van der Waals surface area contributed by atoms with Gasteiger partial charge in [0.1, 0.15) is 12.4 Å². The van der Waals surface area contributed by atoms with Crippen molar-refractivity contribution in [2.75, 3.05) is 39.8 Å². The molecule has 1 atom stereocenters. The number of hydrogen-bond donors (Lipinski definition) is 2. The molecule has 1 aromatic heterocycles. The number of fused-ring (bicyclic) bond motifs is 1. The minimum absolute atomic E-state index is 0. The van der Waals surface area contributed by atoms with E-state index >= 15 is 0 Å². The maximum absolute atomic E-state index is 5.14. The maximum atomic E-state index is 5.14. The van der Waals surface area contributed by atoms with Crippen LogP contribution in [-0.2, 0) is 24.3 Å². The number of piperidine rings is 1. The van der Waals surface area contributed by atoms with Crippen LogP contribution >= 0.6 is 24.0 Å². The average Bonchev–Trinajstić information content (AvgIpc) is 3.05. The van der Waals surface area contributed by atoms with Crippen LogP contribution in [0.1, 0.15) is 44.8 Å². The largest absolute Gasteiger partial charge is 0.377 e. The molecule has 1 unspecified atom stereocenters. The van der Waals surface area contributed by atoms with E-state index < -0.39 is 0 Å². The van der Waals surface area contributed by atoms with Crippen molar-refractivity contribution in [2.45, 2.75) is 58.7 Å². The summed E-state index contributed by atoms with van der Waals surface area (Å²) in [6, 6.07) is 0.322. The van der Waals surface area contributed by atoms with Crippen LogP contribution in [0.4, 0.5) is 0 Å². The molecule has 1 aromatic rings. The van der Waals surface area contributed by atoms with Crippen molar-refractivity contribution < 1.29 is 4.74 Å². The van der Waals surface area contributed by atoms with E-state index in [4.69, 9.17) is 9.73 Å². The fraction of sp³-hybridized carbons (Fsp3) is 0.842. The van der Waals surface area contributed by atoms with Gasteiger partial charge in [-0.15, -0.1) is 24.0 Å². The fourth-order valence-corrected chi connectivity index (χ4v) is 3.77. The quantitative estimate of drug-likeness (QED) is 0.334. The van der Waals surface area contributed by atoms with E-state index in [-0.39, 0.29) is 24.0 Å². The molecule has 160 valence electrons. The van der Waals surface area contributed by atoms with Crippen LogP contribution < -0.4 is 10.6 Å². The van der Waals surface area contributed by atoms with Gasteiger partial charge >= 0.3 is 0 Å². The van der Waals surface area contributed by atoms with Crippen LogP contribution in [0.3, 0.4) is 0 Å². The van der Waals surface area contributed by atoms with E-state index in [1.807, 2.05) is 4.68 Å². The number of aliphatic imine (C=N–C) groups is 1. The van der Waals surface area contributed by atoms with Crippen molar-refractivity contribution >= 4 is 29.9 Å². The normalized spacial score (nSPS) is 21.1. The number of rotatable bonds is 7. The zero-order valence-corrected chi connectivity index (χ0v) is 19.8. The summed E-state index contributed by atoms with van der Waals surface area (Å²) in [6.45, 7) is 10.9. The van der Waals surface area contributed by atoms with E-state index in [9.17, 15) is 0 Å². The number of ether oxygens (including phenoxy) is 1. The lowest BCUT2D eigenvalue weighted by Crippen LogP contribution is -2.47. The van der Waals surface area contributed by atoms with Gasteiger partial charge in [-0.2, -0.15) is 5.10 Å². The van der Waals surface area contributed by atoms with Crippen LogP contribution in [0, 0.1) is 5.92 Å². The Morgan fingerprint density at radius 3 is 2.79 bits per heavy atom. The third kappa shape index (κ3) is 6.84. The van der Waals surface area contributed by atoms with Gasteiger partial charge in [-0.1, -0.05) is 6.92 Å². The fourth-order valence-electron chi connectivity index (χ4n) is 3.77. The highest BCUT2D eigenvalue weighted by atomic mass is 127. The minimum Gasteiger partial charge on any atom is -0.377 e. The van der Waals surface area contributed by atoms with Gasteiger partial charge in [0.25, 0.3) is 0 Å². The first-order valence-electron chi connectivity index (χ1n) is 10.4. The molecule has 0 spiro atoms. The van der Waals surface area contributed by atoms with Gasteiger partial charge in [0.05, 0.1) is 13.1 Å². The number of nitrogens with zero attached hydrogens (tertiary/aromatic N) is 5. The molecule has 8 nitrogen and oxygen atoms in total. The molecule has 1 saturated heterocycles. The lowest BCUT2D eigenvalue weighted by molar-refractivity contribution is 0.177. The molecule has 1 fully saturated rings. The Bertz CT molecular complexity index is 613. The van der Waals surface area contributed by atoms with Gasteiger partial charge in [0.15, 0.2) is 11.8 Å². The molecule has 3 rings (SSSR count). The maximum Gasteiger partial charge on any atom is 0.191 e. The predicted octanol–water partition coefficient (Wildman–Crippen LogP) is 1.64. The summed E-state index contributed by atoms with van der Waals surface area (Å²) in [6.07, 6.45) is 4.60. The highest BCUT2D eigenvalue weighted by Crippen LogP contribution is 2.15. The second-order valence-electron chi connectivity index (χ2n) is 7.72. The highest BCUT2D eigenvalue weighted by molar-refractivity contribution is 14.0. The van der Waals surface area contributed by atoms with E-state index in [2.05, 4.69) is 39.5 Å². The van der Waals surface area contributed by atoms with Crippen molar-refractivity contribution in [3.05, 3.63) is 11.6 Å². The smallest absolute Gasteiger partial charge is 0.191 e. The highest BCUT2D eigenvalue weighted by Gasteiger charge is 2.22. The third-order valence-corrected chi connectivity index (χ3v) is 5.42. The second kappa shape index (κ2) is 11.9. The number of aromatic nitrogens is 3. The first-order valence-corrected chi connectivity index (χ1v) is 10.4. The molecule has 0 aromatic carbocycles. The Morgan fingerprint density at radius 2 is 2.07 bits per heavy atom. The number of halogens is 1. The second-order valence-corrected chi connectivity index (χ2v) is 7.72. The Labute approximate surface area is 185 Å². The number of hydrogen-bond acceptors (Lipinski definition) is 5. The number of guanidine groups is 1. The zero-order valence-electron chi connectivity index (χ0n) is 17.5. The van der Waals surface area contributed by atoms with Crippen molar-refractivity contribution in [1.82, 2.24) is 30.3 Å². The lowest BCUT2D eigenvalue weighted by atomic mass is 9.99. The average molecular weight is 505 g/mol. The van der Waals surface area contributed by atoms with Crippen LogP contribution in [0.25, 0.3) is 0 Å². The number of nitrogens with one attached hydrogen (secondary N) is 2. The summed E-state index contributed by atoms with van der Waals surface area (Å²) < 4.78 is 7.15. The molecule has 28 heavy (non-hydrogen) atoms. The monoisotopic (exact) mass is 505 g/mol. The first kappa shape index (κ1) is 23.3. The van der Waals surface area contributed by atoms with Gasteiger partial charge in [-0.05, 0) is 45.2 Å². The summed E-state index contributed by atoms with van der Waals surface area (Å²) in [5, 5.41) is 11.5. The molecule has 2 N–H and O–H groups in total. The van der Waals surface area contributed by atoms with E-state index in [0.29, 0.717) is 12.6 Å². The van der Waals surface area contributed by atoms with Crippen molar-refractivity contribution in [3.63, 3.8) is 0 Å². The van der Waals surface area contributed by atoms with Gasteiger partial charge in [-0.3, -0.25) is 4.99 Å². The molecule has 2 aliphatic heterocycles. The molecular formula is C19H36IN7O. The number of likely N-dealkylation sites (tertiary alicyclic amines) is 1. The summed E-state index contributed by atoms with van der Waals surface area (Å²) in [7, 11) is 1.67. The number of methoxy groups -OCH3 is 1. The molecule has 0 amide bonds. The Kier molecular flexibility index (Phi) is 9.93. The summed E-state index contributed by atoms with van der Waals surface area (Å²) >= 11 is 0. The van der Waals surface area contributed by atoms with Crippen LogP contribution in [0.2, 0.25) is 0 Å². The van der Waals surface area contributed by atoms with E-state index in [1.165, 1.54) is 25.9 Å². The molecule has 3 heterocycles. The topological polar surface area (TPSA) is 79.6 Å². The Hall–Kier alpha value is -0.940. The molecule has 2 aliphatic rings. The van der Waals surface area contributed by atoms with Crippen LogP contribution in [0.5, 0.6) is 0 Å². The summed E-state index contributed by atoms with van der Waals surface area (Å²) in [4.78, 5) is 11.9. The van der Waals surface area contributed by atoms with Gasteiger partial charge < -0.3 is 20.3 Å². The van der Waals surface area contributed by atoms with Crippen molar-refractivity contribution in [1.29, 1.82) is 0 Å². The van der Waals surface area contributed by atoms with E-state index in [0.717, 1.165) is 62.5 Å². The van der Waals surface area contributed by atoms with Gasteiger partial charge in [0.2, 0.25) is 0 Å². The molecule has 0 saturated carbocycles. The van der Waals surface area contributed by atoms with E-state index in [1.54, 1.807) is 7.11 Å². The molecule has 9 heteroatoms. The zero-order chi connectivity index (χ0) is 19.1. The van der Waals surface area contributed by atoms with Crippen molar-refractivity contribution in [2.24, 2.45) is 10.9 Å². The standard InChI is InChI=1S/C19H35N7O.HI/c1-4-20-19(21-9-12-25-10-7-15(2)8-11-25)22-16-5-6-18-23-17(14-27-3)24-26(18)13-16;/h15-16H,4-14H2,1-3H3,(H2,20,21,22);1H. The van der Waals surface area contributed by atoms with Crippen molar-refractivity contribution in [3.8, 4) is 0 Å². The Balaban J connectivity index is 0.00000280. The minimum atomic E-state index is 0. The molecule has 0 bridgehead atoms. The van der Waals surface area contributed by atoms with Crippen LogP contribution in [-0.4, -0.2) is 71.5 Å². The predicted molar refractivity (Wildman–Crippen MR) is 122 cm³/mol. The first-order chi connectivity index (χ1) is 13.2. The molecule has 0 radical (unpaired) electrons.